The molecule has 0 aliphatic rings. The van der Waals surface area contributed by atoms with E-state index in [4.69, 9.17) is 4.74 Å². The van der Waals surface area contributed by atoms with E-state index in [2.05, 4.69) is 13.8 Å². The van der Waals surface area contributed by atoms with Crippen LogP contribution in [0.25, 0.3) is 0 Å². The Labute approximate surface area is 300 Å². The predicted molar refractivity (Wildman–Crippen MR) is 209 cm³/mol. The van der Waals surface area contributed by atoms with E-state index in [9.17, 15) is 19.1 Å². The van der Waals surface area contributed by atoms with Crippen molar-refractivity contribution >= 4 is 13.6 Å². The van der Waals surface area contributed by atoms with Crippen LogP contribution in [0.15, 0.2) is 0 Å². The summed E-state index contributed by atoms with van der Waals surface area (Å²) in [5, 5.41) is 0. The molecule has 288 valence electrons. The Kier molecular flexibility index (Phi) is 33.5. The monoisotopic (exact) mass is 701 g/mol. The van der Waals surface area contributed by atoms with Gasteiger partial charge in [0.05, 0.1) is 17.7 Å². The fourth-order valence-corrected chi connectivity index (χ4v) is 8.50. The SMILES string of the molecule is CCCCCCCCCCCCCCCCCCC(CCCCCCCCCCCCCCCCCC)(C(=O)OCC)C(C)P(=O)(O)O. The van der Waals surface area contributed by atoms with E-state index in [1.54, 1.807) is 13.8 Å². The number of esters is 1. The summed E-state index contributed by atoms with van der Waals surface area (Å²) >= 11 is 0. The van der Waals surface area contributed by atoms with Gasteiger partial charge in [0.25, 0.3) is 0 Å². The molecule has 6 heteroatoms. The van der Waals surface area contributed by atoms with Crippen LogP contribution < -0.4 is 0 Å². The van der Waals surface area contributed by atoms with E-state index in [0.717, 1.165) is 38.5 Å². The second kappa shape index (κ2) is 33.7. The van der Waals surface area contributed by atoms with Gasteiger partial charge in [-0.05, 0) is 26.7 Å². The van der Waals surface area contributed by atoms with Crippen molar-refractivity contribution in [3.8, 4) is 0 Å². The Morgan fingerprint density at radius 3 is 0.917 bits per heavy atom. The number of carbonyl (C=O) groups excluding carboxylic acids is 1. The third-order valence-electron chi connectivity index (χ3n) is 10.9. The molecule has 0 heterocycles. The van der Waals surface area contributed by atoms with Crippen LogP contribution in [0.2, 0.25) is 0 Å². The molecular formula is C42H85O5P. The number of ether oxygens (including phenoxy) is 1. The van der Waals surface area contributed by atoms with Crippen molar-refractivity contribution in [3.05, 3.63) is 0 Å². The van der Waals surface area contributed by atoms with Crippen molar-refractivity contribution in [3.63, 3.8) is 0 Å². The highest BCUT2D eigenvalue weighted by Gasteiger charge is 2.50. The topological polar surface area (TPSA) is 83.8 Å². The van der Waals surface area contributed by atoms with Gasteiger partial charge < -0.3 is 14.5 Å². The molecule has 0 saturated heterocycles. The first-order valence-corrected chi connectivity index (χ1v) is 23.2. The molecule has 1 unspecified atom stereocenters. The van der Waals surface area contributed by atoms with Crippen LogP contribution >= 0.6 is 7.60 Å². The van der Waals surface area contributed by atoms with Crippen LogP contribution in [0.5, 0.6) is 0 Å². The molecule has 0 amide bonds. The van der Waals surface area contributed by atoms with Gasteiger partial charge in [-0.2, -0.15) is 0 Å². The molecule has 2 N–H and O–H groups in total. The molecule has 0 bridgehead atoms. The zero-order valence-electron chi connectivity index (χ0n) is 32.9. The Balaban J connectivity index is 4.34. The normalized spacial score (nSPS) is 12.9. The summed E-state index contributed by atoms with van der Waals surface area (Å²) in [5.74, 6) is -0.400. The van der Waals surface area contributed by atoms with Gasteiger partial charge in [0.2, 0.25) is 0 Å². The summed E-state index contributed by atoms with van der Waals surface area (Å²) in [4.78, 5) is 33.8. The second-order valence-electron chi connectivity index (χ2n) is 15.2. The number of hydrogen-bond donors (Lipinski definition) is 2. The molecule has 0 aliphatic carbocycles. The van der Waals surface area contributed by atoms with Gasteiger partial charge in [-0.25, -0.2) is 0 Å². The number of carbonyl (C=O) groups is 1. The summed E-state index contributed by atoms with van der Waals surface area (Å²) < 4.78 is 18.0. The van der Waals surface area contributed by atoms with E-state index in [1.807, 2.05) is 0 Å². The Hall–Kier alpha value is -0.380. The average molecular weight is 701 g/mol. The molecule has 48 heavy (non-hydrogen) atoms. The van der Waals surface area contributed by atoms with Gasteiger partial charge in [-0.15, -0.1) is 0 Å². The Morgan fingerprint density at radius 2 is 0.708 bits per heavy atom. The van der Waals surface area contributed by atoms with E-state index < -0.39 is 24.6 Å². The van der Waals surface area contributed by atoms with Crippen LogP contribution in [-0.2, 0) is 14.1 Å². The smallest absolute Gasteiger partial charge is 0.329 e. The van der Waals surface area contributed by atoms with Gasteiger partial charge in [-0.3, -0.25) is 9.36 Å². The highest BCUT2D eigenvalue weighted by molar-refractivity contribution is 7.52. The summed E-state index contributed by atoms with van der Waals surface area (Å²) in [6, 6.07) is 0. The van der Waals surface area contributed by atoms with Crippen molar-refractivity contribution in [2.24, 2.45) is 5.41 Å². The minimum atomic E-state index is -4.44. The summed E-state index contributed by atoms with van der Waals surface area (Å²) in [6.45, 7) is 8.16. The minimum Gasteiger partial charge on any atom is -0.466 e. The maximum Gasteiger partial charge on any atom is 0.329 e. The van der Waals surface area contributed by atoms with Crippen molar-refractivity contribution < 1.29 is 23.9 Å². The lowest BCUT2D eigenvalue weighted by Crippen LogP contribution is -2.42. The Morgan fingerprint density at radius 1 is 0.479 bits per heavy atom. The fourth-order valence-electron chi connectivity index (χ4n) is 7.49. The zero-order valence-corrected chi connectivity index (χ0v) is 33.8. The molecule has 0 fully saturated rings. The zero-order chi connectivity index (χ0) is 35.6. The predicted octanol–water partition coefficient (Wildman–Crippen LogP) is 14.4. The lowest BCUT2D eigenvalue weighted by molar-refractivity contribution is -0.157. The highest BCUT2D eigenvalue weighted by Crippen LogP contribution is 2.54. The van der Waals surface area contributed by atoms with E-state index in [-0.39, 0.29) is 6.61 Å². The lowest BCUT2D eigenvalue weighted by Gasteiger charge is -2.37. The van der Waals surface area contributed by atoms with Crippen LogP contribution in [-0.4, -0.2) is 28.0 Å². The fraction of sp³-hybridized carbons (Fsp3) is 0.976. The second-order valence-corrected chi connectivity index (χ2v) is 17.2. The van der Waals surface area contributed by atoms with Gasteiger partial charge in [0.15, 0.2) is 0 Å². The molecule has 5 nitrogen and oxygen atoms in total. The first-order chi connectivity index (χ1) is 23.3. The standard InChI is InChI=1S/C42H85O5P/c1-5-8-10-12-14-16-18-20-22-24-26-28-30-32-34-36-38-42(41(43)47-7-3,40(4)48(44,45)46)39-37-35-33-31-29-27-25-23-21-19-17-15-13-11-9-6-2/h40H,5-39H2,1-4H3,(H2,44,45,46). The molecule has 0 spiro atoms. The maximum absolute atomic E-state index is 13.4. The Bertz CT molecular complexity index is 700. The molecule has 0 aromatic heterocycles. The molecule has 0 aliphatic heterocycles. The van der Waals surface area contributed by atoms with Crippen LogP contribution in [0.4, 0.5) is 0 Å². The number of hydrogen-bond acceptors (Lipinski definition) is 3. The molecule has 0 aromatic carbocycles. The van der Waals surface area contributed by atoms with Gasteiger partial charge >= 0.3 is 13.6 Å². The highest BCUT2D eigenvalue weighted by atomic mass is 31.2. The molecule has 1 atom stereocenters. The molecule has 0 saturated carbocycles. The first kappa shape index (κ1) is 47.6. The summed E-state index contributed by atoms with van der Waals surface area (Å²) in [6.07, 6.45) is 42.0. The lowest BCUT2D eigenvalue weighted by atomic mass is 9.75. The van der Waals surface area contributed by atoms with Crippen LogP contribution in [0.1, 0.15) is 246 Å². The summed E-state index contributed by atoms with van der Waals surface area (Å²) in [5.41, 5.74) is -2.11. The number of rotatable bonds is 38. The van der Waals surface area contributed by atoms with Gasteiger partial charge in [0, 0.05) is 0 Å². The van der Waals surface area contributed by atoms with Crippen LogP contribution in [0.3, 0.4) is 0 Å². The third kappa shape index (κ3) is 26.4. The van der Waals surface area contributed by atoms with Crippen molar-refractivity contribution in [1.29, 1.82) is 0 Å². The molecular weight excluding hydrogens is 615 g/mol. The van der Waals surface area contributed by atoms with E-state index in [0.29, 0.717) is 12.8 Å². The molecule has 0 rings (SSSR count). The van der Waals surface area contributed by atoms with Crippen LogP contribution in [0, 0.1) is 5.41 Å². The summed E-state index contributed by atoms with van der Waals surface area (Å²) in [7, 11) is -4.44. The van der Waals surface area contributed by atoms with Gasteiger partial charge in [0.1, 0.15) is 0 Å². The number of unbranched alkanes of at least 4 members (excludes halogenated alkanes) is 30. The quantitative estimate of drug-likeness (QED) is 0.0380. The average Bonchev–Trinajstić information content (AvgIpc) is 3.06. The van der Waals surface area contributed by atoms with E-state index >= 15 is 0 Å². The van der Waals surface area contributed by atoms with Crippen molar-refractivity contribution in [1.82, 2.24) is 0 Å². The minimum absolute atomic E-state index is 0.242. The first-order valence-electron chi connectivity index (χ1n) is 21.5. The van der Waals surface area contributed by atoms with E-state index in [1.165, 1.54) is 167 Å². The van der Waals surface area contributed by atoms with Crippen molar-refractivity contribution in [2.45, 2.75) is 252 Å². The molecule has 0 radical (unpaired) electrons. The largest absolute Gasteiger partial charge is 0.466 e. The molecule has 0 aromatic rings. The third-order valence-corrected chi connectivity index (χ3v) is 12.4. The van der Waals surface area contributed by atoms with Crippen molar-refractivity contribution in [2.75, 3.05) is 6.61 Å². The maximum atomic E-state index is 13.4. The van der Waals surface area contributed by atoms with Gasteiger partial charge in [-0.1, -0.05) is 219 Å².